The predicted molar refractivity (Wildman–Crippen MR) is 71.8 cm³/mol. The van der Waals surface area contributed by atoms with Crippen LogP contribution in [0.25, 0.3) is 0 Å². The number of piperidine rings is 2. The highest BCUT2D eigenvalue weighted by molar-refractivity contribution is 5.83. The molecule has 0 saturated carbocycles. The molecule has 2 rings (SSSR count). The summed E-state index contributed by atoms with van der Waals surface area (Å²) in [5, 5.41) is 12.2. The Kier molecular flexibility index (Phi) is 4.45. The molecule has 108 valence electrons. The second-order valence-electron chi connectivity index (χ2n) is 6.20. The van der Waals surface area contributed by atoms with Crippen molar-refractivity contribution in [3.8, 4) is 0 Å². The number of carbonyl (C=O) groups is 2. The van der Waals surface area contributed by atoms with E-state index in [1.807, 2.05) is 11.8 Å². The fourth-order valence-corrected chi connectivity index (χ4v) is 3.28. The van der Waals surface area contributed by atoms with Crippen LogP contribution < -0.4 is 5.32 Å². The molecule has 2 unspecified atom stereocenters. The van der Waals surface area contributed by atoms with Crippen LogP contribution in [0.4, 0.5) is 0 Å². The Morgan fingerprint density at radius 1 is 1.42 bits per heavy atom. The van der Waals surface area contributed by atoms with Gasteiger partial charge in [0.15, 0.2) is 0 Å². The standard InChI is InChI=1S/C14H24N2O3/c1-14(5-3-6-15-10-14)13(19)16-7-2-4-11(9-16)8-12(17)18/h11,15H,2-10H2,1H3,(H,17,18). The first-order valence-corrected chi connectivity index (χ1v) is 7.23. The molecule has 0 bridgehead atoms. The van der Waals surface area contributed by atoms with Gasteiger partial charge in [0.1, 0.15) is 0 Å². The van der Waals surface area contributed by atoms with E-state index in [2.05, 4.69) is 5.32 Å². The fraction of sp³-hybridized carbons (Fsp3) is 0.857. The van der Waals surface area contributed by atoms with Crippen LogP contribution in [0.1, 0.15) is 39.0 Å². The molecule has 0 spiro atoms. The predicted octanol–water partition coefficient (Wildman–Crippen LogP) is 1.09. The van der Waals surface area contributed by atoms with Gasteiger partial charge in [-0.05, 0) is 45.1 Å². The number of amides is 1. The Balaban J connectivity index is 1.96. The minimum Gasteiger partial charge on any atom is -0.481 e. The number of carbonyl (C=O) groups excluding carboxylic acids is 1. The molecule has 5 nitrogen and oxygen atoms in total. The molecule has 0 aromatic rings. The molecule has 0 aromatic heterocycles. The number of nitrogens with one attached hydrogen (secondary N) is 1. The molecule has 5 heteroatoms. The quantitative estimate of drug-likeness (QED) is 0.804. The van der Waals surface area contributed by atoms with Crippen molar-refractivity contribution in [3.63, 3.8) is 0 Å². The van der Waals surface area contributed by atoms with E-state index in [0.717, 1.165) is 45.3 Å². The summed E-state index contributed by atoms with van der Waals surface area (Å²) in [5.41, 5.74) is -0.302. The lowest BCUT2D eigenvalue weighted by Gasteiger charge is -2.40. The van der Waals surface area contributed by atoms with Crippen LogP contribution in [0.15, 0.2) is 0 Å². The summed E-state index contributed by atoms with van der Waals surface area (Å²) in [7, 11) is 0. The van der Waals surface area contributed by atoms with Gasteiger partial charge in [0.2, 0.25) is 5.91 Å². The molecular formula is C14H24N2O3. The number of carboxylic acid groups (broad SMARTS) is 1. The third-order valence-corrected chi connectivity index (χ3v) is 4.38. The van der Waals surface area contributed by atoms with Crippen molar-refractivity contribution in [2.75, 3.05) is 26.2 Å². The average molecular weight is 268 g/mol. The smallest absolute Gasteiger partial charge is 0.303 e. The van der Waals surface area contributed by atoms with Crippen molar-refractivity contribution in [2.24, 2.45) is 11.3 Å². The van der Waals surface area contributed by atoms with Crippen LogP contribution in [0, 0.1) is 11.3 Å². The second-order valence-corrected chi connectivity index (χ2v) is 6.20. The number of aliphatic carboxylic acids is 1. The molecule has 0 aromatic carbocycles. The summed E-state index contributed by atoms with van der Waals surface area (Å²) in [6, 6.07) is 0. The van der Waals surface area contributed by atoms with Crippen molar-refractivity contribution in [3.05, 3.63) is 0 Å². The fourth-order valence-electron chi connectivity index (χ4n) is 3.28. The van der Waals surface area contributed by atoms with Gasteiger partial charge in [-0.1, -0.05) is 0 Å². The van der Waals surface area contributed by atoms with Crippen LogP contribution in [0.5, 0.6) is 0 Å². The molecule has 0 radical (unpaired) electrons. The van der Waals surface area contributed by atoms with Crippen LogP contribution in [-0.2, 0) is 9.59 Å². The summed E-state index contributed by atoms with van der Waals surface area (Å²) in [6.45, 7) is 5.16. The minimum atomic E-state index is -0.759. The molecular weight excluding hydrogens is 244 g/mol. The molecule has 2 aliphatic rings. The zero-order valence-electron chi connectivity index (χ0n) is 11.7. The van der Waals surface area contributed by atoms with E-state index in [4.69, 9.17) is 5.11 Å². The lowest BCUT2D eigenvalue weighted by molar-refractivity contribution is -0.146. The van der Waals surface area contributed by atoms with Gasteiger partial charge in [-0.25, -0.2) is 0 Å². The lowest BCUT2D eigenvalue weighted by atomic mass is 9.80. The van der Waals surface area contributed by atoms with E-state index >= 15 is 0 Å². The summed E-state index contributed by atoms with van der Waals surface area (Å²) in [4.78, 5) is 25.3. The Labute approximate surface area is 114 Å². The highest BCUT2D eigenvalue weighted by Gasteiger charge is 2.39. The topological polar surface area (TPSA) is 69.6 Å². The van der Waals surface area contributed by atoms with E-state index in [0.29, 0.717) is 6.54 Å². The molecule has 0 aliphatic carbocycles. The Morgan fingerprint density at radius 3 is 2.84 bits per heavy atom. The van der Waals surface area contributed by atoms with Crippen LogP contribution >= 0.6 is 0 Å². The lowest BCUT2D eigenvalue weighted by Crippen LogP contribution is -2.52. The highest BCUT2D eigenvalue weighted by atomic mass is 16.4. The molecule has 2 saturated heterocycles. The maximum absolute atomic E-state index is 12.6. The molecule has 2 atom stereocenters. The number of rotatable bonds is 3. The van der Waals surface area contributed by atoms with Crippen molar-refractivity contribution < 1.29 is 14.7 Å². The van der Waals surface area contributed by atoms with Gasteiger partial charge >= 0.3 is 5.97 Å². The van der Waals surface area contributed by atoms with Gasteiger partial charge < -0.3 is 15.3 Å². The number of carboxylic acids is 1. The molecule has 2 fully saturated rings. The normalized spacial score (nSPS) is 32.1. The van der Waals surface area contributed by atoms with Crippen molar-refractivity contribution in [1.29, 1.82) is 0 Å². The van der Waals surface area contributed by atoms with E-state index in [9.17, 15) is 9.59 Å². The number of likely N-dealkylation sites (tertiary alicyclic amines) is 1. The van der Waals surface area contributed by atoms with Gasteiger partial charge in [-0.15, -0.1) is 0 Å². The van der Waals surface area contributed by atoms with E-state index in [-0.39, 0.29) is 23.7 Å². The molecule has 2 N–H and O–H groups in total. The third kappa shape index (κ3) is 3.47. The summed E-state index contributed by atoms with van der Waals surface area (Å²) < 4.78 is 0. The van der Waals surface area contributed by atoms with Gasteiger partial charge in [0.25, 0.3) is 0 Å². The molecule has 19 heavy (non-hydrogen) atoms. The maximum atomic E-state index is 12.6. The maximum Gasteiger partial charge on any atom is 0.303 e. The summed E-state index contributed by atoms with van der Waals surface area (Å²) >= 11 is 0. The molecule has 2 heterocycles. The summed E-state index contributed by atoms with van der Waals surface area (Å²) in [5.74, 6) is -0.435. The molecule has 1 amide bonds. The Hall–Kier alpha value is -1.10. The summed E-state index contributed by atoms with van der Waals surface area (Å²) in [6.07, 6.45) is 3.99. The zero-order chi connectivity index (χ0) is 13.9. The highest BCUT2D eigenvalue weighted by Crippen LogP contribution is 2.30. The first kappa shape index (κ1) is 14.3. The Morgan fingerprint density at radius 2 is 2.21 bits per heavy atom. The van der Waals surface area contributed by atoms with E-state index in [1.165, 1.54) is 0 Å². The number of hydrogen-bond donors (Lipinski definition) is 2. The van der Waals surface area contributed by atoms with E-state index in [1.54, 1.807) is 0 Å². The van der Waals surface area contributed by atoms with Crippen LogP contribution in [0.2, 0.25) is 0 Å². The minimum absolute atomic E-state index is 0.121. The van der Waals surface area contributed by atoms with E-state index < -0.39 is 5.97 Å². The SMILES string of the molecule is CC1(C(=O)N2CCCC(CC(=O)O)C2)CCCNC1. The number of nitrogens with zero attached hydrogens (tertiary/aromatic N) is 1. The second kappa shape index (κ2) is 5.90. The number of hydrogen-bond acceptors (Lipinski definition) is 3. The average Bonchev–Trinajstić information content (AvgIpc) is 2.38. The van der Waals surface area contributed by atoms with Gasteiger partial charge in [0, 0.05) is 26.1 Å². The van der Waals surface area contributed by atoms with Crippen molar-refractivity contribution in [2.45, 2.75) is 39.0 Å². The molecule has 2 aliphatic heterocycles. The zero-order valence-corrected chi connectivity index (χ0v) is 11.7. The van der Waals surface area contributed by atoms with Gasteiger partial charge in [-0.3, -0.25) is 9.59 Å². The monoisotopic (exact) mass is 268 g/mol. The largest absolute Gasteiger partial charge is 0.481 e. The van der Waals surface area contributed by atoms with Crippen LogP contribution in [-0.4, -0.2) is 48.1 Å². The van der Waals surface area contributed by atoms with Crippen LogP contribution in [0.3, 0.4) is 0 Å². The third-order valence-electron chi connectivity index (χ3n) is 4.38. The first-order chi connectivity index (χ1) is 9.01. The van der Waals surface area contributed by atoms with Crippen molar-refractivity contribution in [1.82, 2.24) is 10.2 Å². The van der Waals surface area contributed by atoms with Gasteiger partial charge in [-0.2, -0.15) is 0 Å². The van der Waals surface area contributed by atoms with Gasteiger partial charge in [0.05, 0.1) is 5.41 Å². The van der Waals surface area contributed by atoms with Crippen molar-refractivity contribution >= 4 is 11.9 Å². The Bertz CT molecular complexity index is 351. The first-order valence-electron chi connectivity index (χ1n) is 7.23.